The monoisotopic (exact) mass is 274 g/mol. The zero-order chi connectivity index (χ0) is 14.7. The van der Waals surface area contributed by atoms with E-state index < -0.39 is 23.0 Å². The Balaban J connectivity index is 2.39. The van der Waals surface area contributed by atoms with E-state index in [1.54, 1.807) is 18.2 Å². The normalized spacial score (nSPS) is 10.8. The summed E-state index contributed by atoms with van der Waals surface area (Å²) in [6.45, 7) is 4.15. The van der Waals surface area contributed by atoms with E-state index in [9.17, 15) is 13.6 Å². The van der Waals surface area contributed by atoms with Gasteiger partial charge in [-0.2, -0.15) is 0 Å². The summed E-state index contributed by atoms with van der Waals surface area (Å²) >= 11 is 0. The van der Waals surface area contributed by atoms with Crippen LogP contribution in [-0.2, 0) is 6.42 Å². The van der Waals surface area contributed by atoms with Gasteiger partial charge in [0, 0.05) is 5.56 Å². The zero-order valence-electron chi connectivity index (χ0n) is 11.5. The Labute approximate surface area is 117 Å². The molecule has 0 aromatic heterocycles. The van der Waals surface area contributed by atoms with Gasteiger partial charge in [0.05, 0.1) is 5.56 Å². The van der Waals surface area contributed by atoms with Crippen LogP contribution in [0.4, 0.5) is 8.78 Å². The highest BCUT2D eigenvalue weighted by Gasteiger charge is 2.18. The molecule has 0 fully saturated rings. The third-order valence-electron chi connectivity index (χ3n) is 3.02. The summed E-state index contributed by atoms with van der Waals surface area (Å²) in [5.74, 6) is -1.83. The summed E-state index contributed by atoms with van der Waals surface area (Å²) in [4.78, 5) is 12.2. The van der Waals surface area contributed by atoms with Crippen LogP contribution in [-0.4, -0.2) is 5.78 Å². The van der Waals surface area contributed by atoms with E-state index in [-0.39, 0.29) is 0 Å². The van der Waals surface area contributed by atoms with E-state index in [0.717, 1.165) is 24.1 Å². The number of carbonyl (C=O) groups is 1. The van der Waals surface area contributed by atoms with Gasteiger partial charge in [-0.15, -0.1) is 0 Å². The maximum Gasteiger partial charge on any atom is 0.198 e. The van der Waals surface area contributed by atoms with Crippen LogP contribution in [0.5, 0.6) is 0 Å². The molecule has 1 nitrogen and oxygen atoms in total. The Morgan fingerprint density at radius 1 is 1.05 bits per heavy atom. The molecule has 0 amide bonds. The molecule has 0 spiro atoms. The molecule has 3 heteroatoms. The smallest absolute Gasteiger partial charge is 0.198 e. The van der Waals surface area contributed by atoms with Gasteiger partial charge in [-0.1, -0.05) is 38.1 Å². The van der Waals surface area contributed by atoms with Crippen LogP contribution >= 0.6 is 0 Å². The predicted octanol–water partition coefficient (Wildman–Crippen LogP) is 4.39. The fraction of sp³-hybridized carbons (Fsp3) is 0.235. The van der Waals surface area contributed by atoms with Gasteiger partial charge in [0.1, 0.15) is 11.6 Å². The Kier molecular flexibility index (Phi) is 4.28. The van der Waals surface area contributed by atoms with Crippen molar-refractivity contribution in [1.29, 1.82) is 0 Å². The Morgan fingerprint density at radius 2 is 1.65 bits per heavy atom. The number of ketones is 1. The number of hydrogen-bond donors (Lipinski definition) is 0. The molecule has 2 aromatic carbocycles. The zero-order valence-corrected chi connectivity index (χ0v) is 11.5. The van der Waals surface area contributed by atoms with Crippen LogP contribution in [0.2, 0.25) is 0 Å². The Bertz CT molecular complexity index is 612. The first-order valence-corrected chi connectivity index (χ1v) is 6.56. The van der Waals surface area contributed by atoms with Crippen molar-refractivity contribution in [2.75, 3.05) is 0 Å². The molecule has 104 valence electrons. The Morgan fingerprint density at radius 3 is 2.25 bits per heavy atom. The van der Waals surface area contributed by atoms with Crippen LogP contribution in [0.25, 0.3) is 0 Å². The van der Waals surface area contributed by atoms with E-state index in [1.807, 2.05) is 6.07 Å². The fourth-order valence-corrected chi connectivity index (χ4v) is 2.17. The molecule has 0 aliphatic rings. The summed E-state index contributed by atoms with van der Waals surface area (Å²) < 4.78 is 27.3. The highest BCUT2D eigenvalue weighted by molar-refractivity contribution is 6.09. The average Bonchev–Trinajstić information content (AvgIpc) is 2.38. The van der Waals surface area contributed by atoms with E-state index in [4.69, 9.17) is 0 Å². The molecule has 0 radical (unpaired) electrons. The summed E-state index contributed by atoms with van der Waals surface area (Å²) in [6, 6.07) is 10.4. The first kappa shape index (κ1) is 14.4. The molecule has 0 aliphatic heterocycles. The van der Waals surface area contributed by atoms with Crippen LogP contribution in [0.1, 0.15) is 35.3 Å². The molecule has 2 aromatic rings. The number of halogens is 2. The molecule has 0 aliphatic carbocycles. The van der Waals surface area contributed by atoms with Gasteiger partial charge in [-0.05, 0) is 36.1 Å². The predicted molar refractivity (Wildman–Crippen MR) is 74.8 cm³/mol. The number of carbonyl (C=O) groups excluding carboxylic acids is 1. The van der Waals surface area contributed by atoms with Gasteiger partial charge < -0.3 is 0 Å². The van der Waals surface area contributed by atoms with Gasteiger partial charge in [-0.3, -0.25) is 4.79 Å². The molecule has 2 rings (SSSR count). The third-order valence-corrected chi connectivity index (χ3v) is 3.02. The van der Waals surface area contributed by atoms with Gasteiger partial charge >= 0.3 is 0 Å². The summed E-state index contributed by atoms with van der Waals surface area (Å²) in [6.07, 6.45) is 0.820. The lowest BCUT2D eigenvalue weighted by atomic mass is 9.97. The van der Waals surface area contributed by atoms with Crippen LogP contribution in [0.15, 0.2) is 42.5 Å². The van der Waals surface area contributed by atoms with Gasteiger partial charge in [0.2, 0.25) is 0 Å². The van der Waals surface area contributed by atoms with Crippen LogP contribution in [0.3, 0.4) is 0 Å². The molecule has 0 saturated heterocycles. The third kappa shape index (κ3) is 3.10. The Hall–Kier alpha value is -2.03. The molecule has 0 heterocycles. The standard InChI is InChI=1S/C17H16F2O/c1-11(2)9-12-5-3-6-13(10-12)17(20)16-14(18)7-4-8-15(16)19/h3-8,10-11H,9H2,1-2H3. The van der Waals surface area contributed by atoms with Gasteiger partial charge in [-0.25, -0.2) is 8.78 Å². The van der Waals surface area contributed by atoms with Crippen LogP contribution < -0.4 is 0 Å². The average molecular weight is 274 g/mol. The lowest BCUT2D eigenvalue weighted by Crippen LogP contribution is -2.08. The van der Waals surface area contributed by atoms with E-state index in [2.05, 4.69) is 13.8 Å². The molecule has 0 saturated carbocycles. The molecular formula is C17H16F2O. The lowest BCUT2D eigenvalue weighted by Gasteiger charge is -2.08. The second kappa shape index (κ2) is 5.95. The highest BCUT2D eigenvalue weighted by Crippen LogP contribution is 2.19. The minimum absolute atomic E-state index is 0.312. The number of benzene rings is 2. The largest absolute Gasteiger partial charge is 0.288 e. The molecule has 0 bridgehead atoms. The van der Waals surface area contributed by atoms with Gasteiger partial charge in [0.25, 0.3) is 0 Å². The van der Waals surface area contributed by atoms with Crippen molar-refractivity contribution in [2.24, 2.45) is 5.92 Å². The van der Waals surface area contributed by atoms with Gasteiger partial charge in [0.15, 0.2) is 5.78 Å². The minimum atomic E-state index is -0.829. The summed E-state index contributed by atoms with van der Waals surface area (Å²) in [7, 11) is 0. The number of rotatable bonds is 4. The molecule has 0 unspecified atom stereocenters. The van der Waals surface area contributed by atoms with Crippen molar-refractivity contribution in [2.45, 2.75) is 20.3 Å². The lowest BCUT2D eigenvalue weighted by molar-refractivity contribution is 0.103. The van der Waals surface area contributed by atoms with Crippen LogP contribution in [0, 0.1) is 17.6 Å². The van der Waals surface area contributed by atoms with Crippen molar-refractivity contribution >= 4 is 5.78 Å². The summed E-state index contributed by atoms with van der Waals surface area (Å²) in [5.41, 5.74) is 0.809. The second-order valence-corrected chi connectivity index (χ2v) is 5.22. The van der Waals surface area contributed by atoms with Crippen molar-refractivity contribution in [3.63, 3.8) is 0 Å². The van der Waals surface area contributed by atoms with Crippen molar-refractivity contribution < 1.29 is 13.6 Å². The SMILES string of the molecule is CC(C)Cc1cccc(C(=O)c2c(F)cccc2F)c1. The molecule has 20 heavy (non-hydrogen) atoms. The molecular weight excluding hydrogens is 258 g/mol. The van der Waals surface area contributed by atoms with Crippen molar-refractivity contribution in [3.8, 4) is 0 Å². The minimum Gasteiger partial charge on any atom is -0.288 e. The highest BCUT2D eigenvalue weighted by atomic mass is 19.1. The maximum absolute atomic E-state index is 13.6. The van der Waals surface area contributed by atoms with E-state index in [1.165, 1.54) is 6.07 Å². The van der Waals surface area contributed by atoms with E-state index >= 15 is 0 Å². The topological polar surface area (TPSA) is 17.1 Å². The fourth-order valence-electron chi connectivity index (χ4n) is 2.17. The number of hydrogen-bond acceptors (Lipinski definition) is 1. The first-order valence-electron chi connectivity index (χ1n) is 6.56. The maximum atomic E-state index is 13.6. The molecule has 0 N–H and O–H groups in total. The first-order chi connectivity index (χ1) is 9.49. The van der Waals surface area contributed by atoms with Crippen molar-refractivity contribution in [3.05, 3.63) is 70.8 Å². The van der Waals surface area contributed by atoms with E-state index in [0.29, 0.717) is 11.5 Å². The van der Waals surface area contributed by atoms with Crippen molar-refractivity contribution in [1.82, 2.24) is 0 Å². The quantitative estimate of drug-likeness (QED) is 0.755. The molecule has 0 atom stereocenters. The second-order valence-electron chi connectivity index (χ2n) is 5.22. The summed E-state index contributed by atoms with van der Waals surface area (Å²) in [5, 5.41) is 0.